The second-order valence-corrected chi connectivity index (χ2v) is 4.10. The van der Waals surface area contributed by atoms with E-state index in [2.05, 4.69) is 11.4 Å². The maximum absolute atomic E-state index is 8.56. The summed E-state index contributed by atoms with van der Waals surface area (Å²) in [5.41, 5.74) is 0. The lowest BCUT2D eigenvalue weighted by atomic mass is 9.87. The fourth-order valence-corrected chi connectivity index (χ4v) is 2.03. The third kappa shape index (κ3) is 4.28. The van der Waals surface area contributed by atoms with Gasteiger partial charge in [0.25, 0.3) is 0 Å². The molecule has 13 heavy (non-hydrogen) atoms. The summed E-state index contributed by atoms with van der Waals surface area (Å²) in [6.07, 6.45) is 8.33. The molecule has 2 nitrogen and oxygen atoms in total. The van der Waals surface area contributed by atoms with Gasteiger partial charge in [0.15, 0.2) is 0 Å². The van der Waals surface area contributed by atoms with Crippen LogP contribution in [0.1, 0.15) is 45.4 Å². The van der Waals surface area contributed by atoms with Crippen molar-refractivity contribution in [3.63, 3.8) is 0 Å². The van der Waals surface area contributed by atoms with Crippen LogP contribution in [0, 0.1) is 17.2 Å². The second-order valence-electron chi connectivity index (χ2n) is 4.10. The van der Waals surface area contributed by atoms with Crippen molar-refractivity contribution in [1.82, 2.24) is 5.32 Å². The number of rotatable bonds is 4. The molecule has 0 aromatic rings. The van der Waals surface area contributed by atoms with Crippen LogP contribution >= 0.6 is 0 Å². The molecular weight excluding hydrogens is 160 g/mol. The van der Waals surface area contributed by atoms with Crippen LogP contribution in [0.4, 0.5) is 0 Å². The summed E-state index contributed by atoms with van der Waals surface area (Å²) in [5, 5.41) is 11.8. The first-order valence-corrected chi connectivity index (χ1v) is 5.46. The number of hydrogen-bond acceptors (Lipinski definition) is 2. The van der Waals surface area contributed by atoms with E-state index < -0.39 is 0 Å². The van der Waals surface area contributed by atoms with Gasteiger partial charge in [0.2, 0.25) is 0 Å². The summed E-state index contributed by atoms with van der Waals surface area (Å²) in [7, 11) is 0. The minimum Gasteiger partial charge on any atom is -0.302 e. The first-order valence-electron chi connectivity index (χ1n) is 5.46. The standard InChI is InChI=1S/C11H20N2/c1-10(9-12)13-8-7-11-5-3-2-4-6-11/h10-11,13H,2-8H2,1H3. The minimum absolute atomic E-state index is 0.0172. The van der Waals surface area contributed by atoms with Gasteiger partial charge in [-0.2, -0.15) is 5.26 Å². The first kappa shape index (κ1) is 10.5. The van der Waals surface area contributed by atoms with Crippen molar-refractivity contribution in [2.45, 2.75) is 51.5 Å². The molecule has 0 radical (unpaired) electrons. The summed E-state index contributed by atoms with van der Waals surface area (Å²) >= 11 is 0. The molecule has 0 heterocycles. The molecule has 1 saturated carbocycles. The Balaban J connectivity index is 2.02. The van der Waals surface area contributed by atoms with Crippen LogP contribution in [0.5, 0.6) is 0 Å². The van der Waals surface area contributed by atoms with E-state index in [1.165, 1.54) is 38.5 Å². The van der Waals surface area contributed by atoms with Gasteiger partial charge in [0.1, 0.15) is 0 Å². The smallest absolute Gasteiger partial charge is 0.0924 e. The van der Waals surface area contributed by atoms with Gasteiger partial charge < -0.3 is 5.32 Å². The molecular formula is C11H20N2. The molecule has 74 valence electrons. The SMILES string of the molecule is CC(C#N)NCCC1CCCCC1. The predicted molar refractivity (Wildman–Crippen MR) is 54.3 cm³/mol. The van der Waals surface area contributed by atoms with Crippen molar-refractivity contribution < 1.29 is 0 Å². The maximum Gasteiger partial charge on any atom is 0.0924 e. The summed E-state index contributed by atoms with van der Waals surface area (Å²) in [6.45, 7) is 2.93. The van der Waals surface area contributed by atoms with Crippen molar-refractivity contribution in [2.75, 3.05) is 6.54 Å². The summed E-state index contributed by atoms with van der Waals surface area (Å²) in [4.78, 5) is 0. The minimum atomic E-state index is 0.0172. The fraction of sp³-hybridized carbons (Fsp3) is 0.909. The number of nitriles is 1. The van der Waals surface area contributed by atoms with Gasteiger partial charge in [0.05, 0.1) is 12.1 Å². The lowest BCUT2D eigenvalue weighted by Gasteiger charge is -2.21. The van der Waals surface area contributed by atoms with E-state index in [9.17, 15) is 0 Å². The van der Waals surface area contributed by atoms with Crippen LogP contribution in [-0.4, -0.2) is 12.6 Å². The van der Waals surface area contributed by atoms with Crippen LogP contribution in [0.2, 0.25) is 0 Å². The third-order valence-electron chi connectivity index (χ3n) is 2.92. The molecule has 1 fully saturated rings. The van der Waals surface area contributed by atoms with Crippen molar-refractivity contribution in [3.8, 4) is 6.07 Å². The Hall–Kier alpha value is -0.550. The molecule has 0 aromatic heterocycles. The van der Waals surface area contributed by atoms with E-state index in [0.29, 0.717) is 0 Å². The van der Waals surface area contributed by atoms with E-state index in [0.717, 1.165) is 12.5 Å². The molecule has 0 aliphatic heterocycles. The highest BCUT2D eigenvalue weighted by atomic mass is 14.9. The fourth-order valence-electron chi connectivity index (χ4n) is 2.03. The molecule has 1 unspecified atom stereocenters. The highest BCUT2D eigenvalue weighted by Crippen LogP contribution is 2.25. The zero-order chi connectivity index (χ0) is 9.52. The molecule has 2 heteroatoms. The average molecular weight is 180 g/mol. The summed E-state index contributed by atoms with van der Waals surface area (Å²) in [6, 6.07) is 2.21. The van der Waals surface area contributed by atoms with Crippen LogP contribution in [0.15, 0.2) is 0 Å². The lowest BCUT2D eigenvalue weighted by Crippen LogP contribution is -2.27. The van der Waals surface area contributed by atoms with E-state index >= 15 is 0 Å². The van der Waals surface area contributed by atoms with Gasteiger partial charge >= 0.3 is 0 Å². The monoisotopic (exact) mass is 180 g/mol. The normalized spacial score (nSPS) is 20.9. The average Bonchev–Trinajstić information content (AvgIpc) is 2.19. The molecule has 0 saturated heterocycles. The lowest BCUT2D eigenvalue weighted by molar-refractivity contribution is 0.332. The summed E-state index contributed by atoms with van der Waals surface area (Å²) in [5.74, 6) is 0.923. The van der Waals surface area contributed by atoms with Crippen LogP contribution in [-0.2, 0) is 0 Å². The van der Waals surface area contributed by atoms with E-state index in [4.69, 9.17) is 5.26 Å². The second kappa shape index (κ2) is 5.99. The molecule has 1 atom stereocenters. The molecule has 1 aliphatic rings. The topological polar surface area (TPSA) is 35.8 Å². The highest BCUT2D eigenvalue weighted by Gasteiger charge is 2.12. The maximum atomic E-state index is 8.56. The summed E-state index contributed by atoms with van der Waals surface area (Å²) < 4.78 is 0. The van der Waals surface area contributed by atoms with Crippen LogP contribution in [0.25, 0.3) is 0 Å². The van der Waals surface area contributed by atoms with Gasteiger partial charge in [-0.15, -0.1) is 0 Å². The Labute approximate surface area is 81.3 Å². The van der Waals surface area contributed by atoms with Crippen molar-refractivity contribution in [3.05, 3.63) is 0 Å². The van der Waals surface area contributed by atoms with Crippen LogP contribution in [0.3, 0.4) is 0 Å². The first-order chi connectivity index (χ1) is 6.33. The molecule has 1 N–H and O–H groups in total. The zero-order valence-electron chi connectivity index (χ0n) is 8.55. The largest absolute Gasteiger partial charge is 0.302 e. The Morgan fingerprint density at radius 2 is 2.08 bits per heavy atom. The molecule has 0 amide bonds. The van der Waals surface area contributed by atoms with E-state index in [1.807, 2.05) is 6.92 Å². The van der Waals surface area contributed by atoms with Crippen molar-refractivity contribution in [2.24, 2.45) is 5.92 Å². The molecule has 0 aromatic carbocycles. The predicted octanol–water partition coefficient (Wildman–Crippen LogP) is 2.46. The highest BCUT2D eigenvalue weighted by molar-refractivity contribution is 4.85. The number of hydrogen-bond donors (Lipinski definition) is 1. The van der Waals surface area contributed by atoms with Gasteiger partial charge in [-0.3, -0.25) is 0 Å². The molecule has 0 spiro atoms. The zero-order valence-corrected chi connectivity index (χ0v) is 8.55. The molecule has 1 rings (SSSR count). The van der Waals surface area contributed by atoms with E-state index in [-0.39, 0.29) is 6.04 Å². The third-order valence-corrected chi connectivity index (χ3v) is 2.92. The molecule has 1 aliphatic carbocycles. The van der Waals surface area contributed by atoms with Crippen molar-refractivity contribution in [1.29, 1.82) is 5.26 Å². The molecule has 0 bridgehead atoms. The Morgan fingerprint density at radius 1 is 1.38 bits per heavy atom. The van der Waals surface area contributed by atoms with Gasteiger partial charge in [-0.25, -0.2) is 0 Å². The Kier molecular flexibility index (Phi) is 4.85. The van der Waals surface area contributed by atoms with Gasteiger partial charge in [-0.05, 0) is 25.8 Å². The Bertz CT molecular complexity index is 165. The van der Waals surface area contributed by atoms with Crippen molar-refractivity contribution >= 4 is 0 Å². The van der Waals surface area contributed by atoms with Crippen LogP contribution < -0.4 is 5.32 Å². The quantitative estimate of drug-likeness (QED) is 0.721. The van der Waals surface area contributed by atoms with Gasteiger partial charge in [-0.1, -0.05) is 32.1 Å². The number of nitrogens with one attached hydrogen (secondary N) is 1. The number of nitrogens with zero attached hydrogens (tertiary/aromatic N) is 1. The van der Waals surface area contributed by atoms with E-state index in [1.54, 1.807) is 0 Å². The van der Waals surface area contributed by atoms with Gasteiger partial charge in [0, 0.05) is 0 Å². The Morgan fingerprint density at radius 3 is 2.69 bits per heavy atom.